The van der Waals surface area contributed by atoms with Gasteiger partial charge in [-0.1, -0.05) is 42.0 Å². The SMILES string of the molecule is Cc1ccc(CN(CCCO)C(=O)Cn2nc3ccccc3n2)cc1. The predicted octanol–water partition coefficient (Wildman–Crippen LogP) is 2.15. The molecule has 2 aromatic carbocycles. The molecule has 1 heterocycles. The maximum Gasteiger partial charge on any atom is 0.246 e. The minimum absolute atomic E-state index is 0.0571. The van der Waals surface area contributed by atoms with Gasteiger partial charge in [-0.15, -0.1) is 0 Å². The number of aliphatic hydroxyl groups excluding tert-OH is 1. The number of aliphatic hydroxyl groups is 1. The summed E-state index contributed by atoms with van der Waals surface area (Å²) in [5, 5.41) is 17.8. The van der Waals surface area contributed by atoms with Crippen molar-refractivity contribution in [2.24, 2.45) is 0 Å². The van der Waals surface area contributed by atoms with E-state index in [0.29, 0.717) is 19.5 Å². The Morgan fingerprint density at radius 1 is 1.08 bits per heavy atom. The lowest BCUT2D eigenvalue weighted by molar-refractivity contribution is -0.133. The Balaban J connectivity index is 1.72. The van der Waals surface area contributed by atoms with E-state index in [2.05, 4.69) is 10.2 Å². The summed E-state index contributed by atoms with van der Waals surface area (Å²) in [7, 11) is 0. The topological polar surface area (TPSA) is 71.2 Å². The van der Waals surface area contributed by atoms with Crippen molar-refractivity contribution >= 4 is 16.9 Å². The number of hydrogen-bond acceptors (Lipinski definition) is 4. The Morgan fingerprint density at radius 3 is 2.32 bits per heavy atom. The molecule has 0 saturated carbocycles. The molecule has 25 heavy (non-hydrogen) atoms. The third-order valence-corrected chi connectivity index (χ3v) is 4.04. The molecule has 1 aromatic heterocycles. The van der Waals surface area contributed by atoms with Crippen molar-refractivity contribution in [2.45, 2.75) is 26.4 Å². The van der Waals surface area contributed by atoms with Crippen LogP contribution in [0.5, 0.6) is 0 Å². The third-order valence-electron chi connectivity index (χ3n) is 4.04. The summed E-state index contributed by atoms with van der Waals surface area (Å²) in [4.78, 5) is 15.9. The molecule has 6 heteroatoms. The zero-order chi connectivity index (χ0) is 17.6. The molecule has 0 radical (unpaired) electrons. The minimum Gasteiger partial charge on any atom is -0.396 e. The molecule has 0 saturated heterocycles. The Morgan fingerprint density at radius 2 is 1.72 bits per heavy atom. The zero-order valence-electron chi connectivity index (χ0n) is 14.3. The standard InChI is InChI=1S/C19H22N4O2/c1-15-7-9-16(10-8-15)13-22(11-4-12-24)19(25)14-23-20-17-5-2-3-6-18(17)21-23/h2-3,5-10,24H,4,11-14H2,1H3. The van der Waals surface area contributed by atoms with E-state index in [1.54, 1.807) is 4.90 Å². The van der Waals surface area contributed by atoms with Gasteiger partial charge in [0.2, 0.25) is 5.91 Å². The Bertz CT molecular complexity index is 809. The van der Waals surface area contributed by atoms with E-state index in [1.807, 2.05) is 55.5 Å². The number of aryl methyl sites for hydroxylation is 1. The monoisotopic (exact) mass is 338 g/mol. The molecular weight excluding hydrogens is 316 g/mol. The molecule has 1 N–H and O–H groups in total. The first-order chi connectivity index (χ1) is 12.2. The van der Waals surface area contributed by atoms with Crippen LogP contribution in [0.1, 0.15) is 17.5 Å². The number of benzene rings is 2. The molecule has 0 aliphatic rings. The van der Waals surface area contributed by atoms with Crippen LogP contribution in [-0.4, -0.2) is 44.1 Å². The van der Waals surface area contributed by atoms with E-state index in [-0.39, 0.29) is 19.1 Å². The Hall–Kier alpha value is -2.73. The second kappa shape index (κ2) is 7.90. The van der Waals surface area contributed by atoms with Crippen molar-refractivity contribution in [3.05, 3.63) is 59.7 Å². The van der Waals surface area contributed by atoms with Gasteiger partial charge in [0.1, 0.15) is 17.6 Å². The maximum absolute atomic E-state index is 12.7. The number of aromatic nitrogens is 3. The van der Waals surface area contributed by atoms with Crippen molar-refractivity contribution in [2.75, 3.05) is 13.2 Å². The van der Waals surface area contributed by atoms with Crippen molar-refractivity contribution < 1.29 is 9.90 Å². The minimum atomic E-state index is -0.0608. The average Bonchev–Trinajstić information content (AvgIpc) is 3.02. The van der Waals surface area contributed by atoms with E-state index in [4.69, 9.17) is 5.11 Å². The first-order valence-corrected chi connectivity index (χ1v) is 8.40. The highest BCUT2D eigenvalue weighted by Crippen LogP contribution is 2.10. The summed E-state index contributed by atoms with van der Waals surface area (Å²) < 4.78 is 0. The molecule has 0 aliphatic heterocycles. The van der Waals surface area contributed by atoms with Gasteiger partial charge in [-0.05, 0) is 31.0 Å². The van der Waals surface area contributed by atoms with Crippen LogP contribution >= 0.6 is 0 Å². The maximum atomic E-state index is 12.7. The summed E-state index contributed by atoms with van der Waals surface area (Å²) in [5.41, 5.74) is 3.80. The summed E-state index contributed by atoms with van der Waals surface area (Å²) in [6.07, 6.45) is 0.548. The van der Waals surface area contributed by atoms with Gasteiger partial charge in [0.15, 0.2) is 0 Å². The highest BCUT2D eigenvalue weighted by molar-refractivity contribution is 5.77. The van der Waals surface area contributed by atoms with E-state index in [1.165, 1.54) is 10.4 Å². The summed E-state index contributed by atoms with van der Waals surface area (Å²) >= 11 is 0. The smallest absolute Gasteiger partial charge is 0.246 e. The van der Waals surface area contributed by atoms with Crippen molar-refractivity contribution in [1.82, 2.24) is 19.9 Å². The molecule has 0 bridgehead atoms. The van der Waals surface area contributed by atoms with Crippen LogP contribution in [0.4, 0.5) is 0 Å². The van der Waals surface area contributed by atoms with E-state index in [9.17, 15) is 4.79 Å². The molecule has 1 amide bonds. The Labute approximate surface area is 146 Å². The van der Waals surface area contributed by atoms with Crippen LogP contribution < -0.4 is 0 Å². The zero-order valence-corrected chi connectivity index (χ0v) is 14.3. The van der Waals surface area contributed by atoms with Crippen molar-refractivity contribution in [3.8, 4) is 0 Å². The fraction of sp³-hybridized carbons (Fsp3) is 0.316. The van der Waals surface area contributed by atoms with Crippen LogP contribution in [0.2, 0.25) is 0 Å². The lowest BCUT2D eigenvalue weighted by Gasteiger charge is -2.22. The number of carbonyl (C=O) groups is 1. The van der Waals surface area contributed by atoms with Gasteiger partial charge >= 0.3 is 0 Å². The highest BCUT2D eigenvalue weighted by atomic mass is 16.3. The lowest BCUT2D eigenvalue weighted by atomic mass is 10.1. The second-order valence-electron chi connectivity index (χ2n) is 6.10. The van der Waals surface area contributed by atoms with E-state index in [0.717, 1.165) is 16.6 Å². The summed E-state index contributed by atoms with van der Waals surface area (Å²) in [5.74, 6) is -0.0608. The molecule has 0 spiro atoms. The molecule has 3 aromatic rings. The summed E-state index contributed by atoms with van der Waals surface area (Å²) in [6.45, 7) is 3.20. The molecule has 0 aliphatic carbocycles. The number of rotatable bonds is 7. The van der Waals surface area contributed by atoms with Crippen molar-refractivity contribution in [1.29, 1.82) is 0 Å². The normalized spacial score (nSPS) is 11.0. The Kier molecular flexibility index (Phi) is 5.40. The van der Waals surface area contributed by atoms with Crippen LogP contribution in [0, 0.1) is 6.92 Å². The van der Waals surface area contributed by atoms with Crippen LogP contribution in [0.3, 0.4) is 0 Å². The van der Waals surface area contributed by atoms with Crippen molar-refractivity contribution in [3.63, 3.8) is 0 Å². The molecule has 3 rings (SSSR count). The van der Waals surface area contributed by atoms with Gasteiger partial charge in [-0.25, -0.2) is 0 Å². The third kappa shape index (κ3) is 4.42. The van der Waals surface area contributed by atoms with Crippen LogP contribution in [0.15, 0.2) is 48.5 Å². The van der Waals surface area contributed by atoms with Crippen LogP contribution in [-0.2, 0) is 17.9 Å². The molecule has 6 nitrogen and oxygen atoms in total. The lowest BCUT2D eigenvalue weighted by Crippen LogP contribution is -2.35. The molecule has 0 fully saturated rings. The summed E-state index contributed by atoms with van der Waals surface area (Å²) in [6, 6.07) is 15.7. The number of fused-ring (bicyclic) bond motifs is 1. The van der Waals surface area contributed by atoms with Gasteiger partial charge < -0.3 is 10.0 Å². The number of hydrogen-bond donors (Lipinski definition) is 1. The number of carbonyl (C=O) groups excluding carboxylic acids is 1. The second-order valence-corrected chi connectivity index (χ2v) is 6.10. The number of amides is 1. The van der Waals surface area contributed by atoms with Gasteiger partial charge in [0, 0.05) is 19.7 Å². The number of nitrogens with zero attached hydrogens (tertiary/aromatic N) is 4. The molecule has 130 valence electrons. The molecule has 0 atom stereocenters. The van der Waals surface area contributed by atoms with Gasteiger partial charge in [-0.2, -0.15) is 15.0 Å². The fourth-order valence-electron chi connectivity index (χ4n) is 2.66. The average molecular weight is 338 g/mol. The highest BCUT2D eigenvalue weighted by Gasteiger charge is 2.16. The molecular formula is C19H22N4O2. The van der Waals surface area contributed by atoms with Gasteiger partial charge in [0.05, 0.1) is 0 Å². The largest absolute Gasteiger partial charge is 0.396 e. The predicted molar refractivity (Wildman–Crippen MR) is 95.8 cm³/mol. The first-order valence-electron chi connectivity index (χ1n) is 8.40. The van der Waals surface area contributed by atoms with Gasteiger partial charge in [0.25, 0.3) is 0 Å². The first kappa shape index (κ1) is 17.1. The van der Waals surface area contributed by atoms with E-state index >= 15 is 0 Å². The fourth-order valence-corrected chi connectivity index (χ4v) is 2.66. The van der Waals surface area contributed by atoms with Gasteiger partial charge in [-0.3, -0.25) is 4.79 Å². The quantitative estimate of drug-likeness (QED) is 0.716. The molecule has 0 unspecified atom stereocenters. The van der Waals surface area contributed by atoms with Crippen LogP contribution in [0.25, 0.3) is 11.0 Å². The van der Waals surface area contributed by atoms with E-state index < -0.39 is 0 Å².